The number of nitrogens with one attached hydrogen (secondary N) is 3. The predicted octanol–water partition coefficient (Wildman–Crippen LogP) is 6.15. The third-order valence-electron chi connectivity index (χ3n) is 7.46. The van der Waals surface area contributed by atoms with Gasteiger partial charge in [-0.1, -0.05) is 31.7 Å². The van der Waals surface area contributed by atoms with Crippen molar-refractivity contribution in [1.82, 2.24) is 15.2 Å². The first-order chi connectivity index (χ1) is 20.3. The number of thiazole rings is 1. The molecule has 11 heteroatoms. The van der Waals surface area contributed by atoms with Crippen molar-refractivity contribution in [3.05, 3.63) is 70.7 Å². The molecule has 1 aromatic heterocycles. The summed E-state index contributed by atoms with van der Waals surface area (Å²) in [7, 11) is 0. The maximum absolute atomic E-state index is 13.3. The second-order valence-corrected chi connectivity index (χ2v) is 12.8. The van der Waals surface area contributed by atoms with Crippen LogP contribution in [0.15, 0.2) is 54.0 Å². The number of anilines is 1. The van der Waals surface area contributed by atoms with E-state index in [1.807, 2.05) is 36.4 Å². The number of benzene rings is 2. The molecule has 0 atom stereocenters. The molecule has 0 spiro atoms. The standard InChI is InChI=1S/C31H36N6O3S2/c1-20(2)28(32)42-29(33)21-7-9-25(10-8-21)40-26-18-22(5-6-23(26)19-37-14-3-4-27(37)38)30(39)35-24-11-15-36(16-12-24)31-34-13-17-41-31/h5-10,13,17-18,20,24,32-33H,3-4,11-12,14-16,19H2,1-2H3,(H,35,39). The molecule has 3 N–H and O–H groups in total. The Bertz CT molecular complexity index is 1430. The number of ether oxygens (including phenoxy) is 1. The Morgan fingerprint density at radius 3 is 2.50 bits per heavy atom. The van der Waals surface area contributed by atoms with Crippen LogP contribution in [0.25, 0.3) is 0 Å². The van der Waals surface area contributed by atoms with Crippen molar-refractivity contribution in [2.75, 3.05) is 24.5 Å². The Morgan fingerprint density at radius 2 is 1.86 bits per heavy atom. The fourth-order valence-corrected chi connectivity index (χ4v) is 6.35. The van der Waals surface area contributed by atoms with Gasteiger partial charge in [-0.05, 0) is 55.7 Å². The van der Waals surface area contributed by atoms with Gasteiger partial charge in [0.25, 0.3) is 5.91 Å². The molecule has 3 aromatic rings. The number of likely N-dealkylation sites (tertiary alicyclic amines) is 1. The highest BCUT2D eigenvalue weighted by atomic mass is 32.2. The molecular weight excluding hydrogens is 569 g/mol. The van der Waals surface area contributed by atoms with Crippen LogP contribution in [0.2, 0.25) is 0 Å². The first-order valence-electron chi connectivity index (χ1n) is 14.3. The van der Waals surface area contributed by atoms with E-state index >= 15 is 0 Å². The zero-order chi connectivity index (χ0) is 29.6. The molecule has 2 saturated heterocycles. The summed E-state index contributed by atoms with van der Waals surface area (Å²) in [5.74, 6) is 1.14. The summed E-state index contributed by atoms with van der Waals surface area (Å²) in [6.45, 7) is 6.70. The number of thioether (sulfide) groups is 1. The van der Waals surface area contributed by atoms with E-state index in [4.69, 9.17) is 15.6 Å². The first-order valence-corrected chi connectivity index (χ1v) is 16.0. The van der Waals surface area contributed by atoms with E-state index in [0.717, 1.165) is 54.8 Å². The van der Waals surface area contributed by atoms with Crippen LogP contribution in [0.3, 0.4) is 0 Å². The van der Waals surface area contributed by atoms with Gasteiger partial charge in [-0.25, -0.2) is 4.98 Å². The van der Waals surface area contributed by atoms with E-state index in [9.17, 15) is 9.59 Å². The highest BCUT2D eigenvalue weighted by molar-refractivity contribution is 8.26. The van der Waals surface area contributed by atoms with Gasteiger partial charge in [0.2, 0.25) is 5.91 Å². The highest BCUT2D eigenvalue weighted by Gasteiger charge is 2.25. The van der Waals surface area contributed by atoms with Gasteiger partial charge in [0, 0.05) is 72.8 Å². The van der Waals surface area contributed by atoms with E-state index in [2.05, 4.69) is 15.2 Å². The molecule has 0 saturated carbocycles. The van der Waals surface area contributed by atoms with E-state index < -0.39 is 0 Å². The quantitative estimate of drug-likeness (QED) is 0.199. The molecule has 3 heterocycles. The summed E-state index contributed by atoms with van der Waals surface area (Å²) in [5.41, 5.74) is 2.04. The lowest BCUT2D eigenvalue weighted by Crippen LogP contribution is -2.44. The number of hydrogen-bond donors (Lipinski definition) is 3. The van der Waals surface area contributed by atoms with Crippen molar-refractivity contribution in [1.29, 1.82) is 10.8 Å². The van der Waals surface area contributed by atoms with Crippen LogP contribution in [-0.4, -0.2) is 57.5 Å². The largest absolute Gasteiger partial charge is 0.457 e. The number of carbonyl (C=O) groups excluding carboxylic acids is 2. The molecule has 2 fully saturated rings. The zero-order valence-corrected chi connectivity index (χ0v) is 25.5. The fraction of sp³-hybridized carbons (Fsp3) is 0.387. The Morgan fingerprint density at radius 1 is 1.12 bits per heavy atom. The molecule has 9 nitrogen and oxygen atoms in total. The van der Waals surface area contributed by atoms with Crippen LogP contribution in [0, 0.1) is 16.7 Å². The number of nitrogens with zero attached hydrogens (tertiary/aromatic N) is 3. The van der Waals surface area contributed by atoms with Crippen molar-refractivity contribution >= 4 is 50.1 Å². The monoisotopic (exact) mass is 604 g/mol. The first kappa shape index (κ1) is 29.8. The van der Waals surface area contributed by atoms with Crippen LogP contribution in [0.5, 0.6) is 11.5 Å². The maximum Gasteiger partial charge on any atom is 0.251 e. The second-order valence-electron chi connectivity index (χ2n) is 10.9. The summed E-state index contributed by atoms with van der Waals surface area (Å²) in [4.78, 5) is 34.1. The second kappa shape index (κ2) is 13.5. The lowest BCUT2D eigenvalue weighted by atomic mass is 10.0. The highest BCUT2D eigenvalue weighted by Crippen LogP contribution is 2.30. The summed E-state index contributed by atoms with van der Waals surface area (Å²) < 4.78 is 6.30. The third-order valence-corrected chi connectivity index (χ3v) is 9.43. The Labute approximate surface area is 254 Å². The summed E-state index contributed by atoms with van der Waals surface area (Å²) in [6, 6.07) is 12.7. The molecule has 0 radical (unpaired) electrons. The molecule has 0 aliphatic carbocycles. The molecule has 0 unspecified atom stereocenters. The van der Waals surface area contributed by atoms with Crippen LogP contribution in [0.1, 0.15) is 61.0 Å². The minimum Gasteiger partial charge on any atom is -0.457 e. The number of aromatic nitrogens is 1. The number of piperidine rings is 1. The van der Waals surface area contributed by atoms with Crippen molar-refractivity contribution in [2.24, 2.45) is 5.92 Å². The number of rotatable bonds is 9. The van der Waals surface area contributed by atoms with Crippen molar-refractivity contribution in [3.8, 4) is 11.5 Å². The molecule has 2 aliphatic rings. The van der Waals surface area contributed by atoms with E-state index in [0.29, 0.717) is 52.2 Å². The smallest absolute Gasteiger partial charge is 0.251 e. The normalized spacial score (nSPS) is 15.7. The van der Waals surface area contributed by atoms with Crippen LogP contribution >= 0.6 is 23.1 Å². The lowest BCUT2D eigenvalue weighted by molar-refractivity contribution is -0.128. The summed E-state index contributed by atoms with van der Waals surface area (Å²) in [6.07, 6.45) is 4.91. The van der Waals surface area contributed by atoms with Gasteiger partial charge in [-0.3, -0.25) is 20.4 Å². The van der Waals surface area contributed by atoms with Crippen LogP contribution < -0.4 is 15.0 Å². The third kappa shape index (κ3) is 7.38. The average Bonchev–Trinajstić information content (AvgIpc) is 3.67. The molecule has 2 aromatic carbocycles. The lowest BCUT2D eigenvalue weighted by Gasteiger charge is -2.32. The fourth-order valence-electron chi connectivity index (χ4n) is 4.94. The van der Waals surface area contributed by atoms with E-state index in [-0.39, 0.29) is 23.8 Å². The molecule has 2 aliphatic heterocycles. The van der Waals surface area contributed by atoms with Gasteiger partial charge in [0.05, 0.1) is 5.04 Å². The van der Waals surface area contributed by atoms with Gasteiger partial charge in [0.15, 0.2) is 5.13 Å². The summed E-state index contributed by atoms with van der Waals surface area (Å²) in [5, 5.41) is 23.3. The molecule has 5 rings (SSSR count). The SMILES string of the molecule is CC(C)C(=N)SC(=N)c1ccc(Oc2cc(C(=O)NC3CCN(c4nccs4)CC3)ccc2CN2CCCC2=O)cc1. The van der Waals surface area contributed by atoms with Gasteiger partial charge < -0.3 is 19.9 Å². The maximum atomic E-state index is 13.3. The average molecular weight is 605 g/mol. The number of hydrogen-bond acceptors (Lipinski definition) is 9. The topological polar surface area (TPSA) is 122 Å². The Hall–Kier alpha value is -3.70. The van der Waals surface area contributed by atoms with Crippen molar-refractivity contribution in [3.63, 3.8) is 0 Å². The number of amides is 2. The van der Waals surface area contributed by atoms with Crippen LogP contribution in [-0.2, 0) is 11.3 Å². The Balaban J connectivity index is 1.28. The zero-order valence-electron chi connectivity index (χ0n) is 23.9. The van der Waals surface area contributed by atoms with Crippen LogP contribution in [0.4, 0.5) is 5.13 Å². The van der Waals surface area contributed by atoms with E-state index in [1.165, 1.54) is 0 Å². The minimum atomic E-state index is -0.148. The number of carbonyl (C=O) groups is 2. The Kier molecular flexibility index (Phi) is 9.58. The summed E-state index contributed by atoms with van der Waals surface area (Å²) >= 11 is 2.78. The molecule has 220 valence electrons. The van der Waals surface area contributed by atoms with Gasteiger partial charge in [-0.2, -0.15) is 0 Å². The van der Waals surface area contributed by atoms with Gasteiger partial charge >= 0.3 is 0 Å². The molecule has 0 bridgehead atoms. The predicted molar refractivity (Wildman–Crippen MR) is 169 cm³/mol. The van der Waals surface area contributed by atoms with Gasteiger partial charge in [-0.15, -0.1) is 11.3 Å². The van der Waals surface area contributed by atoms with E-state index in [1.54, 1.807) is 47.7 Å². The minimum absolute atomic E-state index is 0.0691. The van der Waals surface area contributed by atoms with Crippen molar-refractivity contribution in [2.45, 2.75) is 52.1 Å². The molecule has 42 heavy (non-hydrogen) atoms. The van der Waals surface area contributed by atoms with Gasteiger partial charge in [0.1, 0.15) is 16.5 Å². The molecule has 2 amide bonds. The van der Waals surface area contributed by atoms with Crippen molar-refractivity contribution < 1.29 is 14.3 Å². The molecular formula is C31H36N6O3S2.